The first-order valence-electron chi connectivity index (χ1n) is 1.58. The molecule has 0 aromatic carbocycles. The molecule has 0 spiro atoms. The summed E-state index contributed by atoms with van der Waals surface area (Å²) in [7, 11) is 0. The van der Waals surface area contributed by atoms with Crippen molar-refractivity contribution >= 4 is 0 Å². The second-order valence-corrected chi connectivity index (χ2v) is 0.789. The van der Waals surface area contributed by atoms with E-state index in [2.05, 4.69) is 11.7 Å². The topological polar surface area (TPSA) is 0 Å². The first kappa shape index (κ1) is 5.55. The van der Waals surface area contributed by atoms with E-state index in [4.69, 9.17) is 19.4 Å². The van der Waals surface area contributed by atoms with Crippen LogP contribution in [0, 0.1) is 31.3 Å². The molecule has 0 aliphatic carbocycles. The number of allylic oxidation sites excluding steroid dienone is 1. The summed E-state index contributed by atoms with van der Waals surface area (Å²) in [5, 5.41) is 0. The summed E-state index contributed by atoms with van der Waals surface area (Å²) in [4.78, 5) is 0. The maximum atomic E-state index is 6.39. The second-order valence-electron chi connectivity index (χ2n) is 0.789. The Labute approximate surface area is 43.5 Å². The summed E-state index contributed by atoms with van der Waals surface area (Å²) >= 11 is 0. The molecule has 0 fully saturated rings. The molecule has 0 saturated carbocycles. The first-order valence-corrected chi connectivity index (χ1v) is 1.58. The quantitative estimate of drug-likeness (QED) is 0.231. The zero-order chi connectivity index (χ0) is 5.70. The fourth-order valence-corrected chi connectivity index (χ4v) is 0.114. The Morgan fingerprint density at radius 3 is 2.29 bits per heavy atom. The lowest BCUT2D eigenvalue weighted by atomic mass is 10.3. The molecule has 0 bridgehead atoms. The van der Waals surface area contributed by atoms with Gasteiger partial charge in [-0.2, -0.15) is 0 Å². The van der Waals surface area contributed by atoms with Gasteiger partial charge in [-0.05, 0) is 0 Å². The van der Waals surface area contributed by atoms with Crippen LogP contribution in [0.1, 0.15) is 0 Å². The molecule has 0 radical (unpaired) electrons. The third-order valence-electron chi connectivity index (χ3n) is 0.414. The Balaban J connectivity index is 4.35. The highest BCUT2D eigenvalue weighted by Crippen LogP contribution is 1.79. The van der Waals surface area contributed by atoms with Crippen LogP contribution in [0.4, 0.5) is 0 Å². The van der Waals surface area contributed by atoms with Crippen LogP contribution >= 0.6 is 0 Å². The van der Waals surface area contributed by atoms with Crippen molar-refractivity contribution in [3.05, 3.63) is 24.3 Å². The Hall–Kier alpha value is -1.45. The normalized spacial score (nSPS) is 4.71. The van der Waals surface area contributed by atoms with Crippen molar-refractivity contribution in [1.29, 1.82) is 0 Å². The number of terminal acetylenes is 1. The minimum Gasteiger partial charge on any atom is -0.318 e. The molecule has 0 amide bonds. The predicted molar refractivity (Wildman–Crippen MR) is 27.3 cm³/mol. The Morgan fingerprint density at radius 2 is 2.29 bits per heavy atom. The van der Waals surface area contributed by atoms with Crippen LogP contribution in [0.3, 0.4) is 0 Å². The SMILES string of the molecule is [C-]#CC(=C=[CH+])C#C. The third kappa shape index (κ3) is 1.43. The molecular formula is C7H2. The van der Waals surface area contributed by atoms with Gasteiger partial charge in [-0.25, -0.2) is 0 Å². The molecule has 0 atom stereocenters. The van der Waals surface area contributed by atoms with Gasteiger partial charge >= 0.3 is 0 Å². The highest BCUT2D eigenvalue weighted by atomic mass is 13.7. The zero-order valence-corrected chi connectivity index (χ0v) is 3.65. The average Bonchev–Trinajstić information content (AvgIpc) is 1.72. The molecule has 0 N–H and O–H groups in total. The zero-order valence-electron chi connectivity index (χ0n) is 3.65. The summed E-state index contributed by atoms with van der Waals surface area (Å²) in [5.41, 5.74) is 2.24. The lowest BCUT2D eigenvalue weighted by Crippen LogP contribution is -1.61. The van der Waals surface area contributed by atoms with Crippen molar-refractivity contribution in [3.8, 4) is 18.3 Å². The molecule has 0 heterocycles. The molecule has 0 unspecified atom stereocenters. The molecule has 0 aliphatic rings. The smallest absolute Gasteiger partial charge is 0.243 e. The fraction of sp³-hybridized carbons (Fsp3) is 0. The minimum absolute atomic E-state index is 0.153. The van der Waals surface area contributed by atoms with Gasteiger partial charge in [0, 0.05) is 0 Å². The van der Waals surface area contributed by atoms with Gasteiger partial charge in [0.25, 0.3) is 0 Å². The van der Waals surface area contributed by atoms with Crippen LogP contribution in [0.5, 0.6) is 0 Å². The van der Waals surface area contributed by atoms with Crippen LogP contribution in [0.15, 0.2) is 11.3 Å². The van der Waals surface area contributed by atoms with E-state index in [1.165, 1.54) is 0 Å². The number of hydrogen-bond donors (Lipinski definition) is 0. The maximum Gasteiger partial charge on any atom is 0.243 e. The lowest BCUT2D eigenvalue weighted by molar-refractivity contribution is 1.94. The molecular weight excluding hydrogens is 84.1 g/mol. The number of rotatable bonds is 0. The molecule has 0 heteroatoms. The van der Waals surface area contributed by atoms with Gasteiger partial charge in [0.05, 0.1) is 5.92 Å². The molecule has 0 aromatic heterocycles. The fourth-order valence-electron chi connectivity index (χ4n) is 0.114. The van der Waals surface area contributed by atoms with Gasteiger partial charge in [-0.3, -0.25) is 0 Å². The molecule has 7 heavy (non-hydrogen) atoms. The first-order chi connectivity index (χ1) is 3.35. The van der Waals surface area contributed by atoms with Gasteiger partial charge < -0.3 is 6.42 Å². The van der Waals surface area contributed by atoms with Crippen LogP contribution in [-0.2, 0) is 0 Å². The third-order valence-corrected chi connectivity index (χ3v) is 0.414. The molecule has 0 saturated heterocycles. The molecule has 0 rings (SSSR count). The highest BCUT2D eigenvalue weighted by molar-refractivity contribution is 5.37. The average molecular weight is 86.1 g/mol. The predicted octanol–water partition coefficient (Wildman–Crippen LogP) is 0.724. The van der Waals surface area contributed by atoms with E-state index in [1.54, 1.807) is 0 Å². The summed E-state index contributed by atoms with van der Waals surface area (Å²) in [6, 6.07) is 0. The summed E-state index contributed by atoms with van der Waals surface area (Å²) in [6.45, 7) is 4.78. The van der Waals surface area contributed by atoms with Crippen molar-refractivity contribution < 1.29 is 0 Å². The van der Waals surface area contributed by atoms with E-state index >= 15 is 0 Å². The van der Waals surface area contributed by atoms with Crippen molar-refractivity contribution in [1.82, 2.24) is 0 Å². The minimum atomic E-state index is 0.153. The van der Waals surface area contributed by atoms with E-state index in [0.29, 0.717) is 0 Å². The molecule has 0 aliphatic heterocycles. The van der Waals surface area contributed by atoms with Gasteiger partial charge in [0.1, 0.15) is 6.58 Å². The highest BCUT2D eigenvalue weighted by Gasteiger charge is 1.82. The lowest BCUT2D eigenvalue weighted by Gasteiger charge is -1.59. The van der Waals surface area contributed by atoms with Crippen LogP contribution in [-0.4, -0.2) is 0 Å². The Kier molecular flexibility index (Phi) is 2.20. The largest absolute Gasteiger partial charge is 0.318 e. The van der Waals surface area contributed by atoms with Gasteiger partial charge in [-0.15, -0.1) is 0 Å². The Bertz CT molecular complexity index is 161. The van der Waals surface area contributed by atoms with Gasteiger partial charge in [-0.1, -0.05) is 12.3 Å². The molecule has 30 valence electrons. The van der Waals surface area contributed by atoms with Crippen molar-refractivity contribution in [2.75, 3.05) is 0 Å². The molecule has 0 aromatic rings. The Morgan fingerprint density at radius 1 is 1.71 bits per heavy atom. The van der Waals surface area contributed by atoms with E-state index in [9.17, 15) is 0 Å². The number of hydrogen-bond acceptors (Lipinski definition) is 0. The van der Waals surface area contributed by atoms with Crippen LogP contribution < -0.4 is 0 Å². The van der Waals surface area contributed by atoms with E-state index in [-0.39, 0.29) is 5.57 Å². The standard InChI is InChI=1S/C7H2/c1-4-7(5-2)6-3/h1-2H. The van der Waals surface area contributed by atoms with Crippen molar-refractivity contribution in [3.63, 3.8) is 0 Å². The van der Waals surface area contributed by atoms with Crippen LogP contribution in [0.25, 0.3) is 0 Å². The van der Waals surface area contributed by atoms with E-state index < -0.39 is 0 Å². The second kappa shape index (κ2) is 2.77. The summed E-state index contributed by atoms with van der Waals surface area (Å²) in [6.07, 6.45) is 11.2. The summed E-state index contributed by atoms with van der Waals surface area (Å²) < 4.78 is 0. The van der Waals surface area contributed by atoms with E-state index in [1.807, 2.05) is 5.92 Å². The molecule has 0 nitrogen and oxygen atoms in total. The van der Waals surface area contributed by atoms with Crippen molar-refractivity contribution in [2.45, 2.75) is 0 Å². The van der Waals surface area contributed by atoms with Crippen molar-refractivity contribution in [2.24, 2.45) is 0 Å². The van der Waals surface area contributed by atoms with Crippen LogP contribution in [0.2, 0.25) is 0 Å². The van der Waals surface area contributed by atoms with Gasteiger partial charge in [0.2, 0.25) is 5.57 Å². The summed E-state index contributed by atoms with van der Waals surface area (Å²) in [5.74, 6) is 3.98. The van der Waals surface area contributed by atoms with Gasteiger partial charge in [0.15, 0.2) is 5.73 Å². The maximum absolute atomic E-state index is 6.39. The monoisotopic (exact) mass is 86.0 g/mol. The van der Waals surface area contributed by atoms with E-state index in [0.717, 1.165) is 0 Å².